The number of hydrogen-bond donors (Lipinski definition) is 2. The van der Waals surface area contributed by atoms with Gasteiger partial charge in [-0.25, -0.2) is 4.98 Å². The van der Waals surface area contributed by atoms with Crippen LogP contribution in [0.4, 0.5) is 11.5 Å². The van der Waals surface area contributed by atoms with E-state index in [-0.39, 0.29) is 17.0 Å². The van der Waals surface area contributed by atoms with E-state index in [0.29, 0.717) is 47.1 Å². The van der Waals surface area contributed by atoms with Crippen molar-refractivity contribution in [3.8, 4) is 0 Å². The molecule has 1 aromatic carbocycles. The van der Waals surface area contributed by atoms with Crippen molar-refractivity contribution >= 4 is 29.1 Å². The van der Waals surface area contributed by atoms with E-state index in [9.17, 15) is 19.7 Å². The summed E-state index contributed by atoms with van der Waals surface area (Å²) in [5.74, 6) is -0.539. The van der Waals surface area contributed by atoms with Crippen molar-refractivity contribution in [2.75, 3.05) is 11.6 Å². The van der Waals surface area contributed by atoms with Gasteiger partial charge in [-0.1, -0.05) is 30.0 Å². The van der Waals surface area contributed by atoms with Crippen LogP contribution in [0.5, 0.6) is 0 Å². The molecular formula is C18H16N4O4S. The van der Waals surface area contributed by atoms with E-state index in [0.717, 1.165) is 0 Å². The Balaban J connectivity index is 2.04. The number of benzene rings is 1. The zero-order valence-corrected chi connectivity index (χ0v) is 15.3. The topological polar surface area (TPSA) is 118 Å². The molecular weight excluding hydrogens is 368 g/mol. The average Bonchev–Trinajstić information content (AvgIpc) is 2.66. The highest BCUT2D eigenvalue weighted by Crippen LogP contribution is 2.45. The first kappa shape index (κ1) is 17.5. The van der Waals surface area contributed by atoms with Crippen molar-refractivity contribution in [2.24, 2.45) is 0 Å². The van der Waals surface area contributed by atoms with Crippen LogP contribution in [-0.2, 0) is 4.79 Å². The number of Topliss-reactive ketones (excluding diaryl/α,β-unsaturated/α-hetero) is 1. The Morgan fingerprint density at radius 3 is 2.78 bits per heavy atom. The van der Waals surface area contributed by atoms with E-state index in [1.165, 1.54) is 17.8 Å². The second-order valence-corrected chi connectivity index (χ2v) is 7.18. The summed E-state index contributed by atoms with van der Waals surface area (Å²) in [6.07, 6.45) is 3.49. The Morgan fingerprint density at radius 2 is 2.04 bits per heavy atom. The minimum Gasteiger partial charge on any atom is -0.343 e. The van der Waals surface area contributed by atoms with Gasteiger partial charge in [0, 0.05) is 29.3 Å². The summed E-state index contributed by atoms with van der Waals surface area (Å²) in [4.78, 5) is 43.8. The number of anilines is 1. The summed E-state index contributed by atoms with van der Waals surface area (Å²) in [6, 6.07) is 6.24. The number of hydrogen-bond acceptors (Lipinski definition) is 7. The van der Waals surface area contributed by atoms with Gasteiger partial charge < -0.3 is 10.3 Å². The molecule has 9 heteroatoms. The fourth-order valence-corrected chi connectivity index (χ4v) is 4.12. The maximum absolute atomic E-state index is 12.8. The number of para-hydroxylation sites is 1. The third-order valence-electron chi connectivity index (χ3n) is 4.87. The lowest BCUT2D eigenvalue weighted by molar-refractivity contribution is -0.385. The lowest BCUT2D eigenvalue weighted by Gasteiger charge is -2.32. The van der Waals surface area contributed by atoms with Crippen molar-refractivity contribution in [1.82, 2.24) is 9.97 Å². The molecule has 0 saturated heterocycles. The number of rotatable bonds is 3. The van der Waals surface area contributed by atoms with Gasteiger partial charge in [0.15, 0.2) is 10.9 Å². The number of nitro benzene ring substituents is 1. The second-order valence-electron chi connectivity index (χ2n) is 6.38. The van der Waals surface area contributed by atoms with Gasteiger partial charge in [-0.3, -0.25) is 19.7 Å². The van der Waals surface area contributed by atoms with Crippen molar-refractivity contribution < 1.29 is 9.72 Å². The third kappa shape index (κ3) is 2.84. The number of nitrogens with one attached hydrogen (secondary N) is 2. The summed E-state index contributed by atoms with van der Waals surface area (Å²) < 4.78 is 0. The molecule has 2 N–H and O–H groups in total. The first-order valence-electron chi connectivity index (χ1n) is 8.46. The standard InChI is InChI=1S/C18H16N4O4S/c1-27-18-20-16-15(17(24)21-18)13(9-5-2-3-7-11(9)22(25)26)14-10(19-16)6-4-8-12(14)23/h2-3,5,7,13H,4,6,8H2,1H3,(H2,19,20,21,24)/t13-/m1/s1. The Bertz CT molecular complexity index is 1060. The van der Waals surface area contributed by atoms with Crippen LogP contribution in [0, 0.1) is 10.1 Å². The minimum atomic E-state index is -0.808. The molecule has 0 unspecified atom stereocenters. The molecule has 2 heterocycles. The molecule has 0 radical (unpaired) electrons. The first-order valence-corrected chi connectivity index (χ1v) is 9.68. The molecule has 1 aromatic heterocycles. The number of carbonyl (C=O) groups excluding carboxylic acids is 1. The molecule has 0 spiro atoms. The van der Waals surface area contributed by atoms with Crippen LogP contribution in [0.2, 0.25) is 0 Å². The van der Waals surface area contributed by atoms with Gasteiger partial charge >= 0.3 is 0 Å². The molecule has 2 aromatic rings. The van der Waals surface area contributed by atoms with E-state index >= 15 is 0 Å². The molecule has 138 valence electrons. The molecule has 27 heavy (non-hydrogen) atoms. The van der Waals surface area contributed by atoms with Crippen molar-refractivity contribution in [3.63, 3.8) is 0 Å². The largest absolute Gasteiger partial charge is 0.343 e. The quantitative estimate of drug-likeness (QED) is 0.361. The van der Waals surface area contributed by atoms with Crippen LogP contribution < -0.4 is 10.9 Å². The number of allylic oxidation sites excluding steroid dienone is 2. The normalized spacial score (nSPS) is 18.6. The fraction of sp³-hybridized carbons (Fsp3) is 0.278. The number of nitrogens with zero attached hydrogens (tertiary/aromatic N) is 2. The van der Waals surface area contributed by atoms with E-state index in [1.807, 2.05) is 0 Å². The minimum absolute atomic E-state index is 0.0918. The molecule has 2 aliphatic rings. The predicted molar refractivity (Wildman–Crippen MR) is 101 cm³/mol. The molecule has 1 atom stereocenters. The van der Waals surface area contributed by atoms with Gasteiger partial charge in [0.05, 0.1) is 16.4 Å². The van der Waals surface area contributed by atoms with Gasteiger partial charge in [0.25, 0.3) is 11.2 Å². The zero-order valence-electron chi connectivity index (χ0n) is 14.4. The smallest absolute Gasteiger partial charge is 0.273 e. The number of fused-ring (bicyclic) bond motifs is 1. The summed E-state index contributed by atoms with van der Waals surface area (Å²) in [5.41, 5.74) is 1.20. The molecule has 1 aliphatic carbocycles. The Labute approximate surface area is 158 Å². The molecule has 0 fully saturated rings. The number of aromatic amines is 1. The maximum atomic E-state index is 12.8. The highest BCUT2D eigenvalue weighted by atomic mass is 32.2. The number of nitro groups is 1. The number of H-pyrrole nitrogens is 1. The van der Waals surface area contributed by atoms with Gasteiger partial charge in [-0.05, 0) is 19.1 Å². The maximum Gasteiger partial charge on any atom is 0.273 e. The van der Waals surface area contributed by atoms with Crippen LogP contribution in [-0.4, -0.2) is 26.9 Å². The first-order chi connectivity index (χ1) is 13.0. The number of ketones is 1. The van der Waals surface area contributed by atoms with E-state index < -0.39 is 16.4 Å². The number of thioether (sulfide) groups is 1. The summed E-state index contributed by atoms with van der Waals surface area (Å²) in [5, 5.41) is 15.2. The van der Waals surface area contributed by atoms with Crippen LogP contribution in [0.15, 0.2) is 45.5 Å². The molecule has 0 saturated carbocycles. The average molecular weight is 384 g/mol. The van der Waals surface area contributed by atoms with E-state index in [1.54, 1.807) is 24.5 Å². The molecule has 1 aliphatic heterocycles. The third-order valence-corrected chi connectivity index (χ3v) is 5.45. The second kappa shape index (κ2) is 6.66. The van der Waals surface area contributed by atoms with E-state index in [4.69, 9.17) is 0 Å². The van der Waals surface area contributed by atoms with Gasteiger partial charge in [0.1, 0.15) is 5.82 Å². The van der Waals surface area contributed by atoms with Crippen molar-refractivity contribution in [2.45, 2.75) is 30.3 Å². The van der Waals surface area contributed by atoms with Crippen LogP contribution >= 0.6 is 11.8 Å². The zero-order chi connectivity index (χ0) is 19.1. The highest BCUT2D eigenvalue weighted by molar-refractivity contribution is 7.98. The van der Waals surface area contributed by atoms with Gasteiger partial charge in [-0.2, -0.15) is 0 Å². The van der Waals surface area contributed by atoms with Crippen molar-refractivity contribution in [3.05, 3.63) is 67.1 Å². The summed E-state index contributed by atoms with van der Waals surface area (Å²) in [7, 11) is 0. The molecule has 0 bridgehead atoms. The molecule has 4 rings (SSSR count). The monoisotopic (exact) mass is 384 g/mol. The van der Waals surface area contributed by atoms with Crippen molar-refractivity contribution in [1.29, 1.82) is 0 Å². The summed E-state index contributed by atoms with van der Waals surface area (Å²) >= 11 is 1.29. The lowest BCUT2D eigenvalue weighted by Crippen LogP contribution is -2.33. The number of carbonyl (C=O) groups is 1. The van der Waals surface area contributed by atoms with Gasteiger partial charge in [-0.15, -0.1) is 0 Å². The van der Waals surface area contributed by atoms with Crippen LogP contribution in [0.25, 0.3) is 0 Å². The number of aromatic nitrogens is 2. The van der Waals surface area contributed by atoms with Gasteiger partial charge in [0.2, 0.25) is 0 Å². The Morgan fingerprint density at radius 1 is 1.26 bits per heavy atom. The van der Waals surface area contributed by atoms with Crippen LogP contribution in [0.3, 0.4) is 0 Å². The Hall–Kier alpha value is -2.94. The molecule has 0 amide bonds. The predicted octanol–water partition coefficient (Wildman–Crippen LogP) is 2.96. The lowest BCUT2D eigenvalue weighted by atomic mass is 9.76. The highest BCUT2D eigenvalue weighted by Gasteiger charge is 2.40. The SMILES string of the molecule is CSc1nc2c(c(=O)[nH]1)[C@H](c1ccccc1[N+](=O)[O-])C1=C(CCCC1=O)N2. The van der Waals surface area contributed by atoms with E-state index in [2.05, 4.69) is 15.3 Å². The fourth-order valence-electron chi connectivity index (χ4n) is 3.75. The summed E-state index contributed by atoms with van der Waals surface area (Å²) in [6.45, 7) is 0. The van der Waals surface area contributed by atoms with Crippen LogP contribution in [0.1, 0.15) is 36.3 Å². The molecule has 8 nitrogen and oxygen atoms in total. The Kier molecular flexibility index (Phi) is 4.31.